The molecular weight excluding hydrogens is 1100 g/mol. The van der Waals surface area contributed by atoms with E-state index in [-0.39, 0.29) is 99.2 Å². The molecule has 464 valence electrons. The molecule has 4 bridgehead atoms. The predicted octanol–water partition coefficient (Wildman–Crippen LogP) is 13.0. The second-order valence-corrected chi connectivity index (χ2v) is 28.6. The number of halogens is 2. The molecule has 0 unspecified atom stereocenters. The quantitative estimate of drug-likeness (QED) is 0.123. The summed E-state index contributed by atoms with van der Waals surface area (Å²) >= 11 is 5.13. The van der Waals surface area contributed by atoms with Crippen LogP contribution in [0, 0.1) is 48.3 Å². The summed E-state index contributed by atoms with van der Waals surface area (Å²) in [7, 11) is -0.839. The molecule has 4 aliphatic heterocycles. The number of hydrogen-bond donors (Lipinski definition) is 2. The van der Waals surface area contributed by atoms with Crippen LogP contribution in [0.1, 0.15) is 177 Å². The van der Waals surface area contributed by atoms with Gasteiger partial charge in [-0.05, 0) is 192 Å². The SMILES string of the molecule is C.CC(C)(C)OC(=O)N1CCCC[C@@H]1COC(=O)Cl.Cc1ccc(C[C@H](N)B2O[C@@H]3C[C@@H]4C[C@@H](C4(C)C)[C@]3(C)O2)cc1.Cc1ccc(C[C@H](NC(=O)OC[C@H]2CCCCN2C(=O)OC(C)(C)C)B2O[C@@H]3C[C@@H]4C[C@@H](C4(C)C)[C@]3(C)O2)cc1.Cl. The summed E-state index contributed by atoms with van der Waals surface area (Å²) in [5.41, 5.74) is 9.39. The van der Waals surface area contributed by atoms with Crippen LogP contribution in [0.3, 0.4) is 0 Å². The molecule has 83 heavy (non-hydrogen) atoms. The number of nitrogens with one attached hydrogen (secondary N) is 1. The standard InChI is InChI=1S/C31H47BN2O6.C19H28BNO2.C12H20ClNO4.CH4.ClH/c1-20-11-13-21(14-12-20)16-26(32-39-25-18-22-17-24(30(22,5)6)31(25,7)40-32)33-27(35)37-19-23-10-8-9-15-34(23)28(36)38-29(2,3)4;1-12-5-7-13(8-6-12)9-17(21)20-22-16-11-14-10-15(18(14,2)3)19(16,4)23-20;1-12(2,3)18-11(16)14-7-5-4-6-9(14)8-17-10(13)15;;/h11-14,22-26H,8-10,15-19H2,1-7H3,(H,33,35);5-8,14-17H,9-11,21H2,1-4H3;9H,4-8H2,1-3H3;1H4;1H/t22-,23+,24-,25+,26-,31-;14-,15-,16+,17-,19-;9-;;/m001../s1. The van der Waals surface area contributed by atoms with Crippen molar-refractivity contribution in [2.75, 3.05) is 26.3 Å². The number of aryl methyl sites for hydroxylation is 2. The number of rotatable bonds is 11. The zero-order chi connectivity index (χ0) is 59.0. The summed E-state index contributed by atoms with van der Waals surface area (Å²) < 4.78 is 47.4. The van der Waals surface area contributed by atoms with E-state index in [1.807, 2.05) is 41.5 Å². The molecule has 2 aromatic rings. The Bertz CT molecular complexity index is 2520. The molecule has 6 saturated carbocycles. The van der Waals surface area contributed by atoms with Crippen molar-refractivity contribution >= 4 is 62.0 Å². The van der Waals surface area contributed by atoms with E-state index in [4.69, 9.17) is 54.9 Å². The lowest BCUT2D eigenvalue weighted by atomic mass is 9.43. The Labute approximate surface area is 508 Å². The molecule has 16 nitrogen and oxygen atoms in total. The molecule has 0 aromatic heterocycles. The number of nitrogens with zero attached hydrogens (tertiary/aromatic N) is 2. The number of ether oxygens (including phenoxy) is 4. The Morgan fingerprint density at radius 3 is 1.48 bits per heavy atom. The third-order valence-corrected chi connectivity index (χ3v) is 19.5. The fourth-order valence-electron chi connectivity index (χ4n) is 14.4. The van der Waals surface area contributed by atoms with Crippen molar-refractivity contribution in [2.24, 2.45) is 40.2 Å². The van der Waals surface area contributed by atoms with Crippen LogP contribution in [0.2, 0.25) is 0 Å². The van der Waals surface area contributed by atoms with E-state index < -0.39 is 35.8 Å². The van der Waals surface area contributed by atoms with Crippen molar-refractivity contribution < 1.29 is 56.7 Å². The highest BCUT2D eigenvalue weighted by molar-refractivity contribution is 6.61. The summed E-state index contributed by atoms with van der Waals surface area (Å²) in [6, 6.07) is 16.5. The van der Waals surface area contributed by atoms with Gasteiger partial charge in [0.15, 0.2) is 0 Å². The molecule has 12 atom stereocenters. The minimum Gasteiger partial charge on any atom is -0.451 e. The second kappa shape index (κ2) is 27.1. The van der Waals surface area contributed by atoms with E-state index in [2.05, 4.69) is 109 Å². The number of piperidine rings is 2. The Kier molecular flexibility index (Phi) is 22.3. The number of nitrogens with two attached hydrogens (primary N) is 1. The second-order valence-electron chi connectivity index (χ2n) is 28.3. The van der Waals surface area contributed by atoms with Crippen LogP contribution < -0.4 is 11.1 Å². The van der Waals surface area contributed by atoms with Crippen LogP contribution in [0.15, 0.2) is 48.5 Å². The van der Waals surface area contributed by atoms with Gasteiger partial charge in [0.05, 0.1) is 41.4 Å². The Hall–Kier alpha value is -3.77. The highest BCUT2D eigenvalue weighted by Crippen LogP contribution is 2.67. The highest BCUT2D eigenvalue weighted by atomic mass is 35.5. The van der Waals surface area contributed by atoms with E-state index in [0.717, 1.165) is 69.3 Å². The Morgan fingerprint density at radius 2 is 1.06 bits per heavy atom. The third kappa shape index (κ3) is 16.1. The van der Waals surface area contributed by atoms with Gasteiger partial charge in [0.2, 0.25) is 0 Å². The van der Waals surface area contributed by atoms with Gasteiger partial charge in [0.25, 0.3) is 0 Å². The molecule has 4 saturated heterocycles. The molecule has 6 aliphatic carbocycles. The number of likely N-dealkylation sites (tertiary alicyclic amines) is 2. The van der Waals surface area contributed by atoms with Crippen molar-refractivity contribution in [3.63, 3.8) is 0 Å². The first-order valence-electron chi connectivity index (χ1n) is 30.1. The number of amides is 3. The minimum absolute atomic E-state index is 0. The minimum atomic E-state index is -0.843. The van der Waals surface area contributed by atoms with E-state index in [9.17, 15) is 19.2 Å². The van der Waals surface area contributed by atoms with Crippen LogP contribution in [0.5, 0.6) is 0 Å². The summed E-state index contributed by atoms with van der Waals surface area (Å²) in [5.74, 6) is 1.93. The number of alkyl carbamates (subject to hydrolysis) is 1. The van der Waals surface area contributed by atoms with E-state index in [1.54, 1.807) is 9.80 Å². The Morgan fingerprint density at radius 1 is 0.651 bits per heavy atom. The maximum absolute atomic E-state index is 13.2. The van der Waals surface area contributed by atoms with Crippen molar-refractivity contribution in [1.82, 2.24) is 15.1 Å². The van der Waals surface area contributed by atoms with Crippen LogP contribution in [-0.4, -0.2) is 133 Å². The van der Waals surface area contributed by atoms with Gasteiger partial charge < -0.3 is 58.4 Å². The van der Waals surface area contributed by atoms with Crippen molar-refractivity contribution in [3.8, 4) is 0 Å². The number of carbonyl (C=O) groups excluding carboxylic acids is 4. The van der Waals surface area contributed by atoms with Gasteiger partial charge in [-0.2, -0.15) is 0 Å². The monoisotopic (exact) mass is 1200 g/mol. The van der Waals surface area contributed by atoms with Crippen LogP contribution in [0.4, 0.5) is 19.2 Å². The molecule has 10 fully saturated rings. The summed E-state index contributed by atoms with van der Waals surface area (Å²) in [5, 5.41) is 3.07. The first-order valence-corrected chi connectivity index (χ1v) is 30.5. The van der Waals surface area contributed by atoms with Gasteiger partial charge in [-0.1, -0.05) is 94.8 Å². The molecule has 3 N–H and O–H groups in total. The largest absolute Gasteiger partial charge is 0.482 e. The lowest BCUT2D eigenvalue weighted by Crippen LogP contribution is -2.65. The number of hydrogen-bond acceptors (Lipinski definition) is 13. The summed E-state index contributed by atoms with van der Waals surface area (Å²) in [6.07, 6.45) is 10.3. The third-order valence-electron chi connectivity index (χ3n) is 19.4. The van der Waals surface area contributed by atoms with E-state index >= 15 is 0 Å². The maximum atomic E-state index is 13.2. The molecule has 20 heteroatoms. The van der Waals surface area contributed by atoms with Gasteiger partial charge >= 0.3 is 37.9 Å². The average molecular weight is 1200 g/mol. The predicted molar refractivity (Wildman–Crippen MR) is 329 cm³/mol. The fourth-order valence-corrected chi connectivity index (χ4v) is 14.5. The fraction of sp³-hybridized carbons (Fsp3) is 0.746. The van der Waals surface area contributed by atoms with Gasteiger partial charge in [0.1, 0.15) is 24.4 Å². The maximum Gasteiger partial charge on any atom is 0.482 e. The van der Waals surface area contributed by atoms with Gasteiger partial charge in [0, 0.05) is 30.6 Å². The van der Waals surface area contributed by atoms with Crippen LogP contribution >= 0.6 is 24.0 Å². The van der Waals surface area contributed by atoms with E-state index in [0.29, 0.717) is 42.7 Å². The molecular formula is C63H100B2Cl2N4O12. The summed E-state index contributed by atoms with van der Waals surface area (Å²) in [4.78, 5) is 51.9. The Balaban J connectivity index is 0.000000218. The lowest BCUT2D eigenvalue weighted by Gasteiger charge is -2.64. The number of benzene rings is 2. The van der Waals surface area contributed by atoms with Crippen molar-refractivity contribution in [1.29, 1.82) is 0 Å². The van der Waals surface area contributed by atoms with Crippen LogP contribution in [0.25, 0.3) is 0 Å². The molecule has 0 spiro atoms. The lowest BCUT2D eigenvalue weighted by molar-refractivity contribution is -0.199. The zero-order valence-electron chi connectivity index (χ0n) is 51.5. The van der Waals surface area contributed by atoms with Gasteiger partial charge in [-0.25, -0.2) is 19.2 Å². The first-order chi connectivity index (χ1) is 37.9. The van der Waals surface area contributed by atoms with Crippen molar-refractivity contribution in [3.05, 3.63) is 70.8 Å². The first kappa shape index (κ1) is 68.3. The zero-order valence-corrected chi connectivity index (χ0v) is 53.1. The highest BCUT2D eigenvalue weighted by Gasteiger charge is 2.70. The summed E-state index contributed by atoms with van der Waals surface area (Å²) in [6.45, 7) is 30.6. The van der Waals surface area contributed by atoms with Crippen molar-refractivity contribution in [2.45, 2.75) is 240 Å². The van der Waals surface area contributed by atoms with E-state index in [1.165, 1.54) is 29.5 Å². The average Bonchev–Trinajstić information content (AvgIpc) is 1.80. The van der Waals surface area contributed by atoms with Gasteiger partial charge in [-0.3, -0.25) is 0 Å². The topological polar surface area (TPSA) is 187 Å². The number of carbonyl (C=O) groups is 4. The molecule has 3 amide bonds. The molecule has 4 heterocycles. The molecule has 0 radical (unpaired) electrons. The molecule has 10 aliphatic rings. The molecule has 2 aromatic carbocycles. The smallest absolute Gasteiger partial charge is 0.451 e. The normalized spacial score (nSPS) is 30.4. The molecule has 12 rings (SSSR count). The van der Waals surface area contributed by atoms with Crippen LogP contribution in [-0.2, 0) is 50.4 Å². The van der Waals surface area contributed by atoms with Gasteiger partial charge in [-0.15, -0.1) is 12.4 Å².